The summed E-state index contributed by atoms with van der Waals surface area (Å²) in [6, 6.07) is 53.6. The Morgan fingerprint density at radius 1 is 0.308 bits per heavy atom. The molecule has 0 radical (unpaired) electrons. The van der Waals surface area contributed by atoms with Gasteiger partial charge >= 0.3 is 60.8 Å². The lowest BCUT2D eigenvalue weighted by atomic mass is 9.80. The van der Waals surface area contributed by atoms with Gasteiger partial charge in [0.25, 0.3) is 0 Å². The normalized spacial score (nSPS) is 30.0. The third-order valence-corrected chi connectivity index (χ3v) is 44.2. The molecule has 0 spiro atoms. The van der Waals surface area contributed by atoms with Crippen LogP contribution in [0.5, 0.6) is 0 Å². The highest BCUT2D eigenvalue weighted by Crippen LogP contribution is 2.68. The second kappa shape index (κ2) is 54.4. The SMILES string of the molecule is CC(C)P1(=O)OC2CCCCC2C(c2ccccc2)O1.CC(C)P1(=O)OCCC(c2cc(F)cc(F)c2)O1.CC(C)P1(=O)OCCC(c2ccc(Cl)c(Cl)c2)O1.CC(C)P1(=O)OCCC(c2ccc(F)cc2Cl)O1.CC(C)P1(=O)OCCC(c2cccc(C#N)c2)O1.CC(C)P1(=O)OCCC(c2ccccc2C#N)O1.CC(C)P1(=O)OCCC(c2ccccc2F)O1.CC(C)P1(=O)OCCC(c2ccccn2)O1. The molecule has 0 amide bonds. The maximum atomic E-state index is 13.6. The number of halogens is 7. The molecule has 9 fully saturated rings. The lowest BCUT2D eigenvalue weighted by Gasteiger charge is -2.45. The summed E-state index contributed by atoms with van der Waals surface area (Å²) in [5.74, 6) is -1.72. The number of pyridine rings is 1. The minimum absolute atomic E-state index is 0.0801. The van der Waals surface area contributed by atoms with Crippen molar-refractivity contribution in [3.05, 3.63) is 276 Å². The van der Waals surface area contributed by atoms with Crippen molar-refractivity contribution in [2.45, 2.75) is 282 Å². The Kier molecular flexibility index (Phi) is 45.4. The molecular weight excluding hydrogens is 2070 g/mol. The molecular formula is C101H132Cl3F4N3O24P8. The van der Waals surface area contributed by atoms with Crippen LogP contribution in [-0.2, 0) is 109 Å². The summed E-state index contributed by atoms with van der Waals surface area (Å²) in [7, 11) is -24.4. The second-order valence-electron chi connectivity index (χ2n) is 37.4. The van der Waals surface area contributed by atoms with Gasteiger partial charge in [0, 0.05) is 79.3 Å². The molecule has 18 unspecified atom stereocenters. The fraction of sp³-hybridized carbons (Fsp3) is 0.515. The van der Waals surface area contributed by atoms with Gasteiger partial charge in [-0.3, -0.25) is 50.6 Å². The second-order valence-corrected chi connectivity index (χ2v) is 59.2. The summed E-state index contributed by atoms with van der Waals surface area (Å²) >= 11 is 17.8. The summed E-state index contributed by atoms with van der Waals surface area (Å²) in [6.07, 6.45) is 7.89. The monoisotopic (exact) mass is 2200 g/mol. The first-order chi connectivity index (χ1) is 67.6. The smallest absolute Gasteiger partial charge is 0.308 e. The summed E-state index contributed by atoms with van der Waals surface area (Å²) in [5, 5.41) is 19.2. The lowest BCUT2D eigenvalue weighted by Crippen LogP contribution is -2.38. The van der Waals surface area contributed by atoms with Crippen molar-refractivity contribution < 1.29 is 126 Å². The van der Waals surface area contributed by atoms with E-state index in [-0.39, 0.29) is 99.3 Å². The number of rotatable bonds is 16. The van der Waals surface area contributed by atoms with Crippen LogP contribution >= 0.6 is 95.6 Å². The minimum Gasteiger partial charge on any atom is -0.308 e. The Morgan fingerprint density at radius 2 is 0.699 bits per heavy atom. The van der Waals surface area contributed by atoms with Gasteiger partial charge in [-0.15, -0.1) is 0 Å². The van der Waals surface area contributed by atoms with Crippen LogP contribution in [0, 0.1) is 51.8 Å². The lowest BCUT2D eigenvalue weighted by molar-refractivity contribution is -0.0492. The minimum atomic E-state index is -3.18. The van der Waals surface area contributed by atoms with Gasteiger partial charge in [-0.1, -0.05) is 255 Å². The van der Waals surface area contributed by atoms with Crippen molar-refractivity contribution in [1.82, 2.24) is 4.98 Å². The van der Waals surface area contributed by atoms with Gasteiger partial charge in [-0.25, -0.2) is 17.6 Å². The first-order valence-electron chi connectivity index (χ1n) is 48.1. The molecule has 7 aromatic carbocycles. The molecule has 8 aliphatic heterocycles. The fourth-order valence-electron chi connectivity index (χ4n) is 15.7. The standard InChI is InChI=1S/C16H23O3P.2C13H16NO3P.C12H15Cl2O3P.C12H15ClFO3P.C12H15F2O3P.C12H16FO3P.C11H16NO3P/c1-12(2)20(17)18-15-11-7-6-10-14(15)16(19-20)13-8-4-3-5-9-13;1-10(2)18(15)16-7-6-13(17-18)12-5-3-4-11(8-12)9-14;1-10(2)18(15)16-8-7-13(17-18)12-6-4-3-5-11(12)9-14;1-8(2)18(15)16-6-5-12(17-18)9-3-4-10(13)11(14)7-9;1-8(2)18(15)16-6-5-12(17-18)10-4-3-9(14)7-11(10)13;1-8(2)18(15)16-4-3-12(17-18)9-5-10(13)7-11(14)6-9;1-9(2)17(14)15-8-7-12(16-17)10-5-3-4-6-11(10)13;1-9(2)16(13)14-8-6-11(15-16)10-5-3-4-7-12-10/h3-5,8-9,12,14-16H,6-7,10-11H2,1-2H3;3-5,8,10,13H,6-7H2,1-2H3;3-6,10,13H,7-8H2,1-2H3;2*3-4,7-8,12H,5-6H2,1-2H3;5-8,12H,3-4H2,1-2H3;3-6,9,12H,7-8H2,1-2H3;3-5,7,9,11H,6,8H2,1-2H3. The van der Waals surface area contributed by atoms with Gasteiger partial charge in [0.15, 0.2) is 0 Å². The molecule has 1 aromatic heterocycles. The molecule has 9 heterocycles. The molecule has 1 saturated carbocycles. The van der Waals surface area contributed by atoms with Crippen LogP contribution in [0.15, 0.2) is 182 Å². The van der Waals surface area contributed by atoms with Gasteiger partial charge < -0.3 is 63.3 Å². The van der Waals surface area contributed by atoms with Crippen molar-refractivity contribution in [2.75, 3.05) is 46.2 Å². The zero-order valence-corrected chi connectivity index (χ0v) is 92.7. The molecule has 0 bridgehead atoms. The van der Waals surface area contributed by atoms with Gasteiger partial charge in [0.05, 0.1) is 179 Å². The number of hydrogen-bond acceptors (Lipinski definition) is 27. The summed E-state index contributed by atoms with van der Waals surface area (Å²) < 4.78 is 240. The van der Waals surface area contributed by atoms with E-state index >= 15 is 0 Å². The number of aromatic nitrogens is 1. The topological polar surface area (TPSA) is 345 Å². The van der Waals surface area contributed by atoms with Crippen LogP contribution in [-0.4, -0.2) is 103 Å². The molecule has 27 nitrogen and oxygen atoms in total. The predicted molar refractivity (Wildman–Crippen MR) is 547 cm³/mol. The zero-order chi connectivity index (χ0) is 105. The predicted octanol–water partition coefficient (Wildman–Crippen LogP) is 33.0. The number of benzene rings is 7. The number of hydrogen-bond donors (Lipinski definition) is 0. The van der Waals surface area contributed by atoms with Crippen LogP contribution in [0.4, 0.5) is 17.6 Å². The summed E-state index contributed by atoms with van der Waals surface area (Å²) in [6.45, 7) is 31.8. The highest BCUT2D eigenvalue weighted by Gasteiger charge is 2.50. The van der Waals surface area contributed by atoms with Crippen LogP contribution in [0.2, 0.25) is 15.1 Å². The molecule has 18 atom stereocenters. The highest BCUT2D eigenvalue weighted by molar-refractivity contribution is 7.56. The Morgan fingerprint density at radius 3 is 1.14 bits per heavy atom. The first kappa shape index (κ1) is 119. The molecule has 143 heavy (non-hydrogen) atoms. The van der Waals surface area contributed by atoms with Crippen LogP contribution in [0.1, 0.15) is 286 Å². The van der Waals surface area contributed by atoms with Crippen molar-refractivity contribution >= 4 is 95.6 Å². The Labute approximate surface area is 854 Å². The van der Waals surface area contributed by atoms with Crippen molar-refractivity contribution in [2.24, 2.45) is 5.92 Å². The Bertz CT molecular complexity index is 5990. The average Bonchev–Trinajstić information content (AvgIpc) is 0.761. The van der Waals surface area contributed by atoms with E-state index in [2.05, 4.69) is 29.3 Å². The largest absolute Gasteiger partial charge is 0.334 e. The zero-order valence-electron chi connectivity index (χ0n) is 83.3. The third-order valence-electron chi connectivity index (χ3n) is 24.3. The number of nitrogens with zero attached hydrogens (tertiary/aromatic N) is 3. The van der Waals surface area contributed by atoms with E-state index in [1.54, 1.807) is 102 Å². The molecule has 8 saturated heterocycles. The molecule has 42 heteroatoms. The molecule has 784 valence electrons. The average molecular weight is 2200 g/mol. The Hall–Kier alpha value is -5.54. The molecule has 9 aliphatic rings. The van der Waals surface area contributed by atoms with Crippen LogP contribution < -0.4 is 0 Å². The maximum Gasteiger partial charge on any atom is 0.334 e. The number of fused-ring (bicyclic) bond motifs is 1. The van der Waals surface area contributed by atoms with Crippen LogP contribution in [0.3, 0.4) is 0 Å². The van der Waals surface area contributed by atoms with E-state index in [1.165, 1.54) is 43.2 Å². The van der Waals surface area contributed by atoms with Crippen LogP contribution in [0.25, 0.3) is 0 Å². The van der Waals surface area contributed by atoms with Gasteiger partial charge in [-0.2, -0.15) is 10.5 Å². The fourth-order valence-corrected chi connectivity index (χ4v) is 28.9. The summed E-state index contributed by atoms with van der Waals surface area (Å²) in [4.78, 5) is 4.23. The quantitative estimate of drug-likeness (QED) is 0.0640. The first-order valence-corrected chi connectivity index (χ1v) is 62.1. The third kappa shape index (κ3) is 33.0. The molecule has 17 rings (SSSR count). The van der Waals surface area contributed by atoms with E-state index in [1.807, 2.05) is 142 Å². The molecule has 0 N–H and O–H groups in total. The van der Waals surface area contributed by atoms with Gasteiger partial charge in [0.2, 0.25) is 0 Å². The summed E-state index contributed by atoms with van der Waals surface area (Å²) in [5.41, 5.74) is 5.77. The maximum absolute atomic E-state index is 13.6. The van der Waals surface area contributed by atoms with E-state index in [9.17, 15) is 54.1 Å². The van der Waals surface area contributed by atoms with Gasteiger partial charge in [0.1, 0.15) is 29.4 Å². The van der Waals surface area contributed by atoms with Crippen molar-refractivity contribution in [3.63, 3.8) is 0 Å². The van der Waals surface area contributed by atoms with E-state index in [0.29, 0.717) is 128 Å². The molecule has 1 aliphatic carbocycles. The van der Waals surface area contributed by atoms with Crippen molar-refractivity contribution in [3.8, 4) is 12.1 Å². The Balaban J connectivity index is 0.000000168. The highest BCUT2D eigenvalue weighted by atomic mass is 35.5. The van der Waals surface area contributed by atoms with Gasteiger partial charge in [-0.05, 0) is 113 Å². The van der Waals surface area contributed by atoms with Crippen molar-refractivity contribution in [1.29, 1.82) is 10.5 Å². The number of nitriles is 2. The van der Waals surface area contributed by atoms with E-state index < -0.39 is 96.5 Å². The van der Waals surface area contributed by atoms with E-state index in [4.69, 9.17) is 118 Å². The van der Waals surface area contributed by atoms with E-state index in [0.717, 1.165) is 46.9 Å². The molecule has 8 aromatic rings.